The Bertz CT molecular complexity index is 329. The molecule has 2 rings (SSSR count). The zero-order valence-electron chi connectivity index (χ0n) is 13.3. The van der Waals surface area contributed by atoms with Gasteiger partial charge in [-0.05, 0) is 38.0 Å². The molecule has 0 aromatic heterocycles. The summed E-state index contributed by atoms with van der Waals surface area (Å²) in [6.45, 7) is 7.19. The molecule has 116 valence electrons. The molecule has 0 spiro atoms. The molecule has 2 aliphatic rings. The van der Waals surface area contributed by atoms with Crippen molar-refractivity contribution in [2.24, 2.45) is 17.8 Å². The monoisotopic (exact) mass is 281 g/mol. The first-order valence-corrected chi connectivity index (χ1v) is 8.51. The smallest absolute Gasteiger partial charge is 0.225 e. The van der Waals surface area contributed by atoms with Crippen LogP contribution in [-0.4, -0.2) is 34.6 Å². The quantitative estimate of drug-likeness (QED) is 0.863. The van der Waals surface area contributed by atoms with Gasteiger partial charge in [0.05, 0.1) is 6.10 Å². The Morgan fingerprint density at radius 2 is 1.70 bits per heavy atom. The summed E-state index contributed by atoms with van der Waals surface area (Å²) < 4.78 is 0. The molecule has 0 aromatic carbocycles. The maximum Gasteiger partial charge on any atom is 0.225 e. The van der Waals surface area contributed by atoms with Gasteiger partial charge >= 0.3 is 0 Å². The van der Waals surface area contributed by atoms with Crippen LogP contribution in [0.2, 0.25) is 0 Å². The number of amides is 1. The van der Waals surface area contributed by atoms with Gasteiger partial charge in [-0.1, -0.05) is 33.6 Å². The van der Waals surface area contributed by atoms with E-state index >= 15 is 0 Å². The lowest BCUT2D eigenvalue weighted by molar-refractivity contribution is -0.143. The first-order valence-electron chi connectivity index (χ1n) is 8.51. The van der Waals surface area contributed by atoms with Crippen LogP contribution in [0.25, 0.3) is 0 Å². The molecule has 1 amide bonds. The minimum absolute atomic E-state index is 0.0938. The summed E-state index contributed by atoms with van der Waals surface area (Å²) in [5.74, 6) is 1.10. The topological polar surface area (TPSA) is 40.5 Å². The predicted molar refractivity (Wildman–Crippen MR) is 81.3 cm³/mol. The summed E-state index contributed by atoms with van der Waals surface area (Å²) >= 11 is 0. The van der Waals surface area contributed by atoms with E-state index in [-0.39, 0.29) is 18.1 Å². The van der Waals surface area contributed by atoms with E-state index in [2.05, 4.69) is 25.7 Å². The number of piperidine rings is 1. The van der Waals surface area contributed by atoms with Crippen LogP contribution >= 0.6 is 0 Å². The maximum absolute atomic E-state index is 12.7. The van der Waals surface area contributed by atoms with Crippen LogP contribution in [0.5, 0.6) is 0 Å². The van der Waals surface area contributed by atoms with Crippen molar-refractivity contribution < 1.29 is 9.90 Å². The van der Waals surface area contributed by atoms with Crippen molar-refractivity contribution in [3.63, 3.8) is 0 Å². The molecule has 20 heavy (non-hydrogen) atoms. The zero-order chi connectivity index (χ0) is 14.7. The Morgan fingerprint density at radius 1 is 1.05 bits per heavy atom. The van der Waals surface area contributed by atoms with Gasteiger partial charge in [-0.25, -0.2) is 0 Å². The number of rotatable bonds is 3. The van der Waals surface area contributed by atoms with Crippen molar-refractivity contribution in [1.82, 2.24) is 4.90 Å². The number of likely N-dealkylation sites (tertiary alicyclic amines) is 1. The van der Waals surface area contributed by atoms with E-state index in [1.165, 1.54) is 12.8 Å². The first kappa shape index (κ1) is 15.8. The summed E-state index contributed by atoms with van der Waals surface area (Å²) in [4.78, 5) is 14.9. The van der Waals surface area contributed by atoms with Gasteiger partial charge in [-0.15, -0.1) is 0 Å². The van der Waals surface area contributed by atoms with Crippen molar-refractivity contribution in [3.8, 4) is 0 Å². The fourth-order valence-corrected chi connectivity index (χ4v) is 3.81. The van der Waals surface area contributed by atoms with Gasteiger partial charge in [0.15, 0.2) is 0 Å². The molecule has 1 N–H and O–H groups in total. The molecular formula is C17H31NO2. The molecule has 1 aliphatic heterocycles. The second-order valence-corrected chi connectivity index (χ2v) is 7.14. The molecule has 3 heteroatoms. The van der Waals surface area contributed by atoms with Crippen LogP contribution in [0.15, 0.2) is 0 Å². The Hall–Kier alpha value is -0.570. The van der Waals surface area contributed by atoms with Crippen LogP contribution in [0.3, 0.4) is 0 Å². The molecule has 1 aliphatic carbocycles. The van der Waals surface area contributed by atoms with E-state index < -0.39 is 0 Å². The van der Waals surface area contributed by atoms with Crippen molar-refractivity contribution in [3.05, 3.63) is 0 Å². The Kier molecular flexibility index (Phi) is 5.48. The molecule has 1 saturated heterocycles. The Labute approximate surface area is 123 Å². The molecule has 1 saturated carbocycles. The Balaban J connectivity index is 2.10. The number of carbonyl (C=O) groups excluding carboxylic acids is 1. The van der Waals surface area contributed by atoms with Gasteiger partial charge in [0.2, 0.25) is 5.91 Å². The summed E-state index contributed by atoms with van der Waals surface area (Å²) in [7, 11) is 0. The summed E-state index contributed by atoms with van der Waals surface area (Å²) in [5.41, 5.74) is 0. The zero-order valence-corrected chi connectivity index (χ0v) is 13.3. The number of nitrogens with zero attached hydrogens (tertiary/aromatic N) is 1. The number of hydrogen-bond acceptors (Lipinski definition) is 2. The van der Waals surface area contributed by atoms with E-state index in [4.69, 9.17) is 0 Å². The third-order valence-electron chi connectivity index (χ3n) is 5.50. The van der Waals surface area contributed by atoms with E-state index in [9.17, 15) is 9.90 Å². The molecule has 2 fully saturated rings. The maximum atomic E-state index is 12.7. The van der Waals surface area contributed by atoms with Crippen molar-refractivity contribution in [2.75, 3.05) is 6.54 Å². The highest BCUT2D eigenvalue weighted by Gasteiger charge is 2.38. The molecule has 0 aromatic rings. The lowest BCUT2D eigenvalue weighted by atomic mass is 9.77. The van der Waals surface area contributed by atoms with Gasteiger partial charge in [0.1, 0.15) is 0 Å². The van der Waals surface area contributed by atoms with Crippen LogP contribution in [0.1, 0.15) is 65.7 Å². The van der Waals surface area contributed by atoms with E-state index in [0.717, 1.165) is 38.6 Å². The van der Waals surface area contributed by atoms with Crippen LogP contribution in [0, 0.1) is 17.8 Å². The van der Waals surface area contributed by atoms with Crippen molar-refractivity contribution in [2.45, 2.75) is 77.9 Å². The van der Waals surface area contributed by atoms with Crippen LogP contribution in [0.4, 0.5) is 0 Å². The first-order chi connectivity index (χ1) is 9.52. The van der Waals surface area contributed by atoms with Gasteiger partial charge in [0.25, 0.3) is 0 Å². The summed E-state index contributed by atoms with van der Waals surface area (Å²) in [6.07, 6.45) is 7.56. The van der Waals surface area contributed by atoms with E-state index in [1.54, 1.807) is 0 Å². The van der Waals surface area contributed by atoms with Crippen LogP contribution < -0.4 is 0 Å². The molecule has 3 nitrogen and oxygen atoms in total. The third-order valence-corrected chi connectivity index (χ3v) is 5.50. The molecule has 4 unspecified atom stereocenters. The lowest BCUT2D eigenvalue weighted by Crippen LogP contribution is -2.53. The molecule has 0 bridgehead atoms. The van der Waals surface area contributed by atoms with Crippen LogP contribution in [-0.2, 0) is 4.79 Å². The van der Waals surface area contributed by atoms with Gasteiger partial charge in [-0.3, -0.25) is 4.79 Å². The minimum Gasteiger partial charge on any atom is -0.393 e. The van der Waals surface area contributed by atoms with Crippen molar-refractivity contribution >= 4 is 5.91 Å². The lowest BCUT2D eigenvalue weighted by Gasteiger charge is -2.45. The second kappa shape index (κ2) is 6.93. The fraction of sp³-hybridized carbons (Fsp3) is 0.941. The highest BCUT2D eigenvalue weighted by atomic mass is 16.3. The highest BCUT2D eigenvalue weighted by Crippen LogP contribution is 2.35. The fourth-order valence-electron chi connectivity index (χ4n) is 3.81. The SMILES string of the molecule is CC(C)C(C)C(=O)N1CCCCC1C1CCCCC1O. The number of hydrogen-bond donors (Lipinski definition) is 1. The molecule has 4 atom stereocenters. The number of aliphatic hydroxyl groups is 1. The molecule has 0 radical (unpaired) electrons. The van der Waals surface area contributed by atoms with Gasteiger partial charge in [-0.2, -0.15) is 0 Å². The largest absolute Gasteiger partial charge is 0.393 e. The third kappa shape index (κ3) is 3.36. The average Bonchev–Trinajstić information content (AvgIpc) is 2.46. The molecule has 1 heterocycles. The molecular weight excluding hydrogens is 250 g/mol. The highest BCUT2D eigenvalue weighted by molar-refractivity contribution is 5.79. The Morgan fingerprint density at radius 3 is 2.35 bits per heavy atom. The van der Waals surface area contributed by atoms with Gasteiger partial charge < -0.3 is 10.0 Å². The summed E-state index contributed by atoms with van der Waals surface area (Å²) in [6, 6.07) is 0.285. The second-order valence-electron chi connectivity index (χ2n) is 7.14. The van der Waals surface area contributed by atoms with E-state index in [1.807, 2.05) is 0 Å². The average molecular weight is 281 g/mol. The van der Waals surface area contributed by atoms with Gasteiger partial charge in [0, 0.05) is 24.4 Å². The van der Waals surface area contributed by atoms with E-state index in [0.29, 0.717) is 17.7 Å². The minimum atomic E-state index is -0.198. The van der Waals surface area contributed by atoms with Crippen molar-refractivity contribution in [1.29, 1.82) is 0 Å². The standard InChI is InChI=1S/C17H31NO2/c1-12(2)13(3)17(20)18-11-7-6-9-15(18)14-8-4-5-10-16(14)19/h12-16,19H,4-11H2,1-3H3. The number of carbonyl (C=O) groups is 1. The predicted octanol–water partition coefficient (Wildman–Crippen LogP) is 3.21. The summed E-state index contributed by atoms with van der Waals surface area (Å²) in [5, 5.41) is 10.3. The normalized spacial score (nSPS) is 33.2. The number of aliphatic hydroxyl groups excluding tert-OH is 1.